The number of hydrogen-bond acceptors (Lipinski definition) is 4. The smallest absolute Gasteiger partial charge is 0.321 e. The summed E-state index contributed by atoms with van der Waals surface area (Å²) in [5.41, 5.74) is 1.09. The lowest BCUT2D eigenvalue weighted by Crippen LogP contribution is -2.44. The predicted molar refractivity (Wildman–Crippen MR) is 91.1 cm³/mol. The lowest BCUT2D eigenvalue weighted by molar-refractivity contribution is -0.121. The second kappa shape index (κ2) is 9.52. The number of carbonyl (C=O) groups is 2. The average Bonchev–Trinajstić information content (AvgIpc) is 3.06. The van der Waals surface area contributed by atoms with E-state index in [-0.39, 0.29) is 12.5 Å². The third-order valence-corrected chi connectivity index (χ3v) is 3.36. The van der Waals surface area contributed by atoms with Crippen molar-refractivity contribution in [2.75, 3.05) is 13.1 Å². The molecule has 1 heterocycles. The number of carbonyl (C=O) groups excluding carboxylic acids is 2. The van der Waals surface area contributed by atoms with Gasteiger partial charge in [0.15, 0.2) is 0 Å². The van der Waals surface area contributed by atoms with Gasteiger partial charge >= 0.3 is 6.03 Å². The first-order valence-corrected chi connectivity index (χ1v) is 8.03. The van der Waals surface area contributed by atoms with Crippen LogP contribution >= 0.6 is 0 Å². The van der Waals surface area contributed by atoms with E-state index >= 15 is 0 Å². The summed E-state index contributed by atoms with van der Waals surface area (Å²) in [6.45, 7) is 3.68. The fourth-order valence-corrected chi connectivity index (χ4v) is 2.28. The molecular weight excluding hydrogens is 306 g/mol. The largest absolute Gasteiger partial charge is 0.468 e. The van der Waals surface area contributed by atoms with Crippen LogP contribution in [0.2, 0.25) is 0 Å². The summed E-state index contributed by atoms with van der Waals surface area (Å²) in [5.74, 6) is 0.431. The maximum atomic E-state index is 12.1. The monoisotopic (exact) mass is 329 g/mol. The van der Waals surface area contributed by atoms with Gasteiger partial charge in [-0.2, -0.15) is 0 Å². The van der Waals surface area contributed by atoms with Crippen LogP contribution in [0.3, 0.4) is 0 Å². The van der Waals surface area contributed by atoms with Crippen LogP contribution in [0.1, 0.15) is 24.7 Å². The molecule has 0 unspecified atom stereocenters. The van der Waals surface area contributed by atoms with E-state index in [0.717, 1.165) is 17.7 Å². The van der Waals surface area contributed by atoms with E-state index in [1.807, 2.05) is 54.3 Å². The predicted octanol–water partition coefficient (Wildman–Crippen LogP) is 2.52. The molecule has 1 aromatic carbocycles. The molecule has 0 fully saturated rings. The Hall–Kier alpha value is -2.60. The number of furan rings is 1. The number of rotatable bonds is 8. The van der Waals surface area contributed by atoms with Crippen molar-refractivity contribution in [3.63, 3.8) is 0 Å². The molecule has 0 saturated heterocycles. The quantitative estimate of drug-likeness (QED) is 0.780. The molecule has 0 aliphatic heterocycles. The van der Waals surface area contributed by atoms with E-state index < -0.39 is 6.03 Å². The van der Waals surface area contributed by atoms with Gasteiger partial charge in [-0.25, -0.2) is 4.79 Å². The van der Waals surface area contributed by atoms with Crippen LogP contribution in [0, 0.1) is 0 Å². The average molecular weight is 329 g/mol. The van der Waals surface area contributed by atoms with Gasteiger partial charge in [0, 0.05) is 13.1 Å². The molecule has 128 valence electrons. The molecule has 2 aromatic rings. The molecule has 6 nitrogen and oxygen atoms in total. The highest BCUT2D eigenvalue weighted by molar-refractivity contribution is 5.95. The van der Waals surface area contributed by atoms with Crippen LogP contribution in [0.4, 0.5) is 4.79 Å². The van der Waals surface area contributed by atoms with Crippen molar-refractivity contribution >= 4 is 11.9 Å². The van der Waals surface area contributed by atoms with Crippen molar-refractivity contribution in [3.8, 4) is 0 Å². The summed E-state index contributed by atoms with van der Waals surface area (Å²) in [6, 6.07) is 13.1. The molecule has 0 bridgehead atoms. The van der Waals surface area contributed by atoms with Gasteiger partial charge in [0.05, 0.1) is 19.4 Å². The van der Waals surface area contributed by atoms with E-state index in [1.165, 1.54) is 0 Å². The van der Waals surface area contributed by atoms with Crippen LogP contribution in [0.25, 0.3) is 0 Å². The Labute approximate surface area is 141 Å². The second-order valence-electron chi connectivity index (χ2n) is 5.51. The summed E-state index contributed by atoms with van der Waals surface area (Å²) in [5, 5.41) is 4.97. The van der Waals surface area contributed by atoms with Crippen molar-refractivity contribution in [2.24, 2.45) is 0 Å². The summed E-state index contributed by atoms with van der Waals surface area (Å²) in [6.07, 6.45) is 2.43. The lowest BCUT2D eigenvalue weighted by atomic mass is 10.2. The molecule has 2 rings (SSSR count). The summed E-state index contributed by atoms with van der Waals surface area (Å²) < 4.78 is 5.36. The Morgan fingerprint density at radius 3 is 2.54 bits per heavy atom. The molecule has 0 atom stereocenters. The molecule has 0 aliphatic carbocycles. The van der Waals surface area contributed by atoms with Gasteiger partial charge in [-0.15, -0.1) is 0 Å². The van der Waals surface area contributed by atoms with Crippen molar-refractivity contribution in [2.45, 2.75) is 26.4 Å². The van der Waals surface area contributed by atoms with E-state index in [9.17, 15) is 9.59 Å². The number of nitrogens with one attached hydrogen (secondary N) is 2. The minimum absolute atomic E-state index is 0.106. The Morgan fingerprint density at radius 1 is 1.08 bits per heavy atom. The molecule has 1 aromatic heterocycles. The molecule has 2 N–H and O–H groups in total. The molecular formula is C18H23N3O3. The van der Waals surface area contributed by atoms with Gasteiger partial charge in [0.2, 0.25) is 5.91 Å². The molecule has 6 heteroatoms. The minimum Gasteiger partial charge on any atom is -0.468 e. The molecule has 24 heavy (non-hydrogen) atoms. The van der Waals surface area contributed by atoms with E-state index in [0.29, 0.717) is 19.6 Å². The van der Waals surface area contributed by atoms with Crippen LogP contribution in [-0.2, 0) is 17.9 Å². The first-order chi connectivity index (χ1) is 11.7. The van der Waals surface area contributed by atoms with E-state index in [4.69, 9.17) is 4.42 Å². The van der Waals surface area contributed by atoms with Crippen LogP contribution in [0.5, 0.6) is 0 Å². The molecule has 0 aliphatic rings. The first kappa shape index (κ1) is 17.7. The number of benzene rings is 1. The highest BCUT2D eigenvalue weighted by Crippen LogP contribution is 2.10. The van der Waals surface area contributed by atoms with Crippen molar-refractivity contribution in [1.82, 2.24) is 15.5 Å². The fraction of sp³-hybridized carbons (Fsp3) is 0.333. The van der Waals surface area contributed by atoms with Gasteiger partial charge in [0.1, 0.15) is 5.76 Å². The number of imide groups is 1. The highest BCUT2D eigenvalue weighted by atomic mass is 16.3. The molecule has 3 amide bonds. The van der Waals surface area contributed by atoms with Gasteiger partial charge in [-0.05, 0) is 24.1 Å². The Bertz CT molecular complexity index is 626. The summed E-state index contributed by atoms with van der Waals surface area (Å²) in [4.78, 5) is 25.6. The maximum absolute atomic E-state index is 12.1. The fourth-order valence-electron chi connectivity index (χ4n) is 2.28. The zero-order chi connectivity index (χ0) is 17.2. The van der Waals surface area contributed by atoms with Crippen LogP contribution < -0.4 is 10.6 Å². The van der Waals surface area contributed by atoms with Crippen molar-refractivity contribution < 1.29 is 14.0 Å². The SMILES string of the molecule is CCCNC(=O)NC(=O)CN(Cc1ccccc1)Cc1ccco1. The second-order valence-corrected chi connectivity index (χ2v) is 5.51. The lowest BCUT2D eigenvalue weighted by Gasteiger charge is -2.20. The summed E-state index contributed by atoms with van der Waals surface area (Å²) >= 11 is 0. The zero-order valence-electron chi connectivity index (χ0n) is 13.8. The minimum atomic E-state index is -0.459. The number of nitrogens with zero attached hydrogens (tertiary/aromatic N) is 1. The van der Waals surface area contributed by atoms with Crippen molar-refractivity contribution in [1.29, 1.82) is 0 Å². The number of amides is 3. The number of urea groups is 1. The van der Waals surface area contributed by atoms with Gasteiger partial charge < -0.3 is 9.73 Å². The molecule has 0 spiro atoms. The number of hydrogen-bond donors (Lipinski definition) is 2. The van der Waals surface area contributed by atoms with Gasteiger partial charge in [-0.3, -0.25) is 15.0 Å². The van der Waals surface area contributed by atoms with Crippen LogP contribution in [-0.4, -0.2) is 29.9 Å². The van der Waals surface area contributed by atoms with Crippen molar-refractivity contribution in [3.05, 3.63) is 60.1 Å². The zero-order valence-corrected chi connectivity index (χ0v) is 13.8. The third kappa shape index (κ3) is 6.26. The standard InChI is InChI=1S/C18H23N3O3/c1-2-10-19-18(23)20-17(22)14-21(13-16-9-6-11-24-16)12-15-7-4-3-5-8-15/h3-9,11H,2,10,12-14H2,1H3,(H2,19,20,22,23). The Morgan fingerprint density at radius 2 is 1.88 bits per heavy atom. The molecule has 0 radical (unpaired) electrons. The Kier molecular flexibility index (Phi) is 7.04. The highest BCUT2D eigenvalue weighted by Gasteiger charge is 2.15. The van der Waals surface area contributed by atoms with E-state index in [2.05, 4.69) is 10.6 Å². The first-order valence-electron chi connectivity index (χ1n) is 8.03. The maximum Gasteiger partial charge on any atom is 0.321 e. The molecule has 0 saturated carbocycles. The van der Waals surface area contributed by atoms with Gasteiger partial charge in [-0.1, -0.05) is 37.3 Å². The van der Waals surface area contributed by atoms with Gasteiger partial charge in [0.25, 0.3) is 0 Å². The topological polar surface area (TPSA) is 74.6 Å². The normalized spacial score (nSPS) is 10.6. The van der Waals surface area contributed by atoms with Crippen LogP contribution in [0.15, 0.2) is 53.1 Å². The summed E-state index contributed by atoms with van der Waals surface area (Å²) in [7, 11) is 0. The Balaban J connectivity index is 1.94. The third-order valence-electron chi connectivity index (χ3n) is 3.36. The van der Waals surface area contributed by atoms with E-state index in [1.54, 1.807) is 6.26 Å².